The van der Waals surface area contributed by atoms with Crippen LogP contribution in [0.1, 0.15) is 16.7 Å². The highest BCUT2D eigenvalue weighted by Crippen LogP contribution is 2.22. The SMILES string of the molecule is N#Cc1ccc(COc2ccccc2CN)c(Cl)c1. The van der Waals surface area contributed by atoms with Crippen LogP contribution in [0.4, 0.5) is 0 Å². The summed E-state index contributed by atoms with van der Waals surface area (Å²) in [4.78, 5) is 0. The van der Waals surface area contributed by atoms with Crippen molar-refractivity contribution in [3.63, 3.8) is 0 Å². The molecule has 0 aliphatic carbocycles. The first-order chi connectivity index (χ1) is 9.24. The molecular formula is C15H13ClN2O. The van der Waals surface area contributed by atoms with Gasteiger partial charge in [-0.25, -0.2) is 0 Å². The Morgan fingerprint density at radius 3 is 2.63 bits per heavy atom. The van der Waals surface area contributed by atoms with Gasteiger partial charge in [0.15, 0.2) is 0 Å². The minimum atomic E-state index is 0.349. The molecule has 96 valence electrons. The molecule has 0 amide bonds. The highest BCUT2D eigenvalue weighted by atomic mass is 35.5. The summed E-state index contributed by atoms with van der Waals surface area (Å²) >= 11 is 6.09. The van der Waals surface area contributed by atoms with Crippen LogP contribution >= 0.6 is 11.6 Å². The summed E-state index contributed by atoms with van der Waals surface area (Å²) in [6.07, 6.45) is 0. The third kappa shape index (κ3) is 3.25. The van der Waals surface area contributed by atoms with E-state index < -0.39 is 0 Å². The molecule has 0 saturated carbocycles. The van der Waals surface area contributed by atoms with Crippen LogP contribution < -0.4 is 10.5 Å². The molecule has 0 fully saturated rings. The van der Waals surface area contributed by atoms with Gasteiger partial charge in [0.05, 0.1) is 11.6 Å². The lowest BCUT2D eigenvalue weighted by Crippen LogP contribution is -2.02. The standard InChI is InChI=1S/C15H13ClN2O/c16-14-7-11(8-17)5-6-13(14)10-19-15-4-2-1-3-12(15)9-18/h1-7H,9-10,18H2. The molecule has 0 spiro atoms. The summed E-state index contributed by atoms with van der Waals surface area (Å²) in [5.74, 6) is 0.755. The lowest BCUT2D eigenvalue weighted by atomic mass is 10.1. The van der Waals surface area contributed by atoms with E-state index >= 15 is 0 Å². The molecular weight excluding hydrogens is 260 g/mol. The van der Waals surface area contributed by atoms with Gasteiger partial charge in [0.2, 0.25) is 0 Å². The lowest BCUT2D eigenvalue weighted by Gasteiger charge is -2.11. The first-order valence-electron chi connectivity index (χ1n) is 5.84. The molecule has 0 aliphatic rings. The fraction of sp³-hybridized carbons (Fsp3) is 0.133. The van der Waals surface area contributed by atoms with Crippen molar-refractivity contribution in [2.45, 2.75) is 13.2 Å². The predicted octanol–water partition coefficient (Wildman–Crippen LogP) is 3.25. The Hall–Kier alpha value is -2.02. The van der Waals surface area contributed by atoms with Crippen LogP contribution in [-0.2, 0) is 13.2 Å². The van der Waals surface area contributed by atoms with E-state index in [2.05, 4.69) is 0 Å². The van der Waals surface area contributed by atoms with Crippen molar-refractivity contribution in [1.82, 2.24) is 0 Å². The summed E-state index contributed by atoms with van der Waals surface area (Å²) in [6, 6.07) is 14.8. The number of nitrogens with two attached hydrogens (primary N) is 1. The smallest absolute Gasteiger partial charge is 0.124 e. The highest BCUT2D eigenvalue weighted by Gasteiger charge is 2.05. The van der Waals surface area contributed by atoms with Gasteiger partial charge in [-0.3, -0.25) is 0 Å². The number of hydrogen-bond donors (Lipinski definition) is 1. The number of hydrogen-bond acceptors (Lipinski definition) is 3. The molecule has 0 atom stereocenters. The number of nitriles is 1. The Bertz CT molecular complexity index is 620. The minimum absolute atomic E-state index is 0.349. The molecule has 4 heteroatoms. The molecule has 2 aromatic rings. The normalized spacial score (nSPS) is 9.95. The molecule has 0 bridgehead atoms. The van der Waals surface area contributed by atoms with Crippen LogP contribution in [0.5, 0.6) is 5.75 Å². The second-order valence-corrected chi connectivity index (χ2v) is 4.43. The Morgan fingerprint density at radius 2 is 1.95 bits per heavy atom. The second kappa shape index (κ2) is 6.24. The van der Waals surface area contributed by atoms with Gasteiger partial charge in [0.1, 0.15) is 12.4 Å². The van der Waals surface area contributed by atoms with E-state index in [1.807, 2.05) is 30.3 Å². The van der Waals surface area contributed by atoms with Crippen molar-refractivity contribution in [3.05, 3.63) is 64.2 Å². The van der Waals surface area contributed by atoms with Gasteiger partial charge in [0.25, 0.3) is 0 Å². The molecule has 2 rings (SSSR count). The zero-order chi connectivity index (χ0) is 13.7. The van der Waals surface area contributed by atoms with Crippen molar-refractivity contribution in [2.75, 3.05) is 0 Å². The summed E-state index contributed by atoms with van der Waals surface area (Å²) in [5, 5.41) is 9.31. The molecule has 0 unspecified atom stereocenters. The Morgan fingerprint density at radius 1 is 1.16 bits per heavy atom. The van der Waals surface area contributed by atoms with Crippen LogP contribution in [0.25, 0.3) is 0 Å². The minimum Gasteiger partial charge on any atom is -0.489 e. The third-order valence-corrected chi connectivity index (χ3v) is 3.11. The summed E-state index contributed by atoms with van der Waals surface area (Å²) in [7, 11) is 0. The summed E-state index contributed by atoms with van der Waals surface area (Å²) in [6.45, 7) is 0.777. The largest absolute Gasteiger partial charge is 0.489 e. The fourth-order valence-corrected chi connectivity index (χ4v) is 1.94. The molecule has 19 heavy (non-hydrogen) atoms. The second-order valence-electron chi connectivity index (χ2n) is 4.02. The fourth-order valence-electron chi connectivity index (χ4n) is 1.70. The van der Waals surface area contributed by atoms with E-state index in [1.165, 1.54) is 0 Å². The van der Waals surface area contributed by atoms with Gasteiger partial charge in [-0.15, -0.1) is 0 Å². The van der Waals surface area contributed by atoms with Crippen LogP contribution in [0.2, 0.25) is 5.02 Å². The van der Waals surface area contributed by atoms with E-state index in [9.17, 15) is 0 Å². The molecule has 2 aromatic carbocycles. The predicted molar refractivity (Wildman–Crippen MR) is 74.8 cm³/mol. The molecule has 0 aromatic heterocycles. The van der Waals surface area contributed by atoms with Crippen molar-refractivity contribution < 1.29 is 4.74 Å². The van der Waals surface area contributed by atoms with Crippen LogP contribution in [0.3, 0.4) is 0 Å². The van der Waals surface area contributed by atoms with Crippen molar-refractivity contribution >= 4 is 11.6 Å². The van der Waals surface area contributed by atoms with Gasteiger partial charge >= 0.3 is 0 Å². The van der Waals surface area contributed by atoms with Gasteiger partial charge in [-0.05, 0) is 18.2 Å². The molecule has 2 N–H and O–H groups in total. The first-order valence-corrected chi connectivity index (χ1v) is 6.21. The molecule has 0 saturated heterocycles. The molecule has 0 aliphatic heterocycles. The Balaban J connectivity index is 2.13. The average Bonchev–Trinajstić information content (AvgIpc) is 2.46. The zero-order valence-corrected chi connectivity index (χ0v) is 11.0. The number of halogens is 1. The Kier molecular flexibility index (Phi) is 4.40. The van der Waals surface area contributed by atoms with Crippen molar-refractivity contribution in [2.24, 2.45) is 5.73 Å². The van der Waals surface area contributed by atoms with E-state index in [0.717, 1.165) is 16.9 Å². The van der Waals surface area contributed by atoms with Crippen LogP contribution in [0, 0.1) is 11.3 Å². The van der Waals surface area contributed by atoms with Crippen LogP contribution in [-0.4, -0.2) is 0 Å². The van der Waals surface area contributed by atoms with Gasteiger partial charge < -0.3 is 10.5 Å². The van der Waals surface area contributed by atoms with Gasteiger partial charge in [-0.2, -0.15) is 5.26 Å². The van der Waals surface area contributed by atoms with E-state index in [0.29, 0.717) is 23.7 Å². The van der Waals surface area contributed by atoms with Crippen LogP contribution in [0.15, 0.2) is 42.5 Å². The first kappa shape index (κ1) is 13.4. The quantitative estimate of drug-likeness (QED) is 0.929. The maximum Gasteiger partial charge on any atom is 0.124 e. The van der Waals surface area contributed by atoms with Gasteiger partial charge in [0, 0.05) is 22.7 Å². The van der Waals surface area contributed by atoms with E-state index in [-0.39, 0.29) is 0 Å². The highest BCUT2D eigenvalue weighted by molar-refractivity contribution is 6.31. The maximum absolute atomic E-state index is 8.78. The number of ether oxygens (including phenoxy) is 1. The average molecular weight is 273 g/mol. The molecule has 0 heterocycles. The van der Waals surface area contributed by atoms with Gasteiger partial charge in [-0.1, -0.05) is 35.9 Å². The Labute approximate surface area is 117 Å². The third-order valence-electron chi connectivity index (χ3n) is 2.76. The zero-order valence-electron chi connectivity index (χ0n) is 10.3. The molecule has 0 radical (unpaired) electrons. The number of nitrogens with zero attached hydrogens (tertiary/aromatic N) is 1. The number of benzene rings is 2. The maximum atomic E-state index is 8.78. The number of para-hydroxylation sites is 1. The summed E-state index contributed by atoms with van der Waals surface area (Å²) < 4.78 is 5.72. The van der Waals surface area contributed by atoms with Crippen molar-refractivity contribution in [1.29, 1.82) is 5.26 Å². The lowest BCUT2D eigenvalue weighted by molar-refractivity contribution is 0.303. The topological polar surface area (TPSA) is 59.0 Å². The van der Waals surface area contributed by atoms with Crippen molar-refractivity contribution in [3.8, 4) is 11.8 Å². The van der Waals surface area contributed by atoms with E-state index in [1.54, 1.807) is 18.2 Å². The monoisotopic (exact) mass is 272 g/mol. The number of rotatable bonds is 4. The van der Waals surface area contributed by atoms with E-state index in [4.69, 9.17) is 27.3 Å². The summed E-state index contributed by atoms with van der Waals surface area (Å²) in [5.41, 5.74) is 7.97. The molecule has 3 nitrogen and oxygen atoms in total.